The molecule has 0 aliphatic rings. The fraction of sp³-hybridized carbons (Fsp3) is 0.125. The lowest BCUT2D eigenvalue weighted by Crippen LogP contribution is -2.23. The van der Waals surface area contributed by atoms with E-state index in [4.69, 9.17) is 0 Å². The van der Waals surface area contributed by atoms with Crippen LogP contribution in [0.25, 0.3) is 11.0 Å². The van der Waals surface area contributed by atoms with Crippen molar-refractivity contribution in [3.8, 4) is 0 Å². The van der Waals surface area contributed by atoms with E-state index in [9.17, 15) is 4.79 Å². The first-order valence-electron chi connectivity index (χ1n) is 6.51. The molecule has 3 aromatic rings. The molecule has 0 saturated heterocycles. The van der Waals surface area contributed by atoms with Gasteiger partial charge in [-0.1, -0.05) is 29.8 Å². The van der Waals surface area contributed by atoms with Crippen molar-refractivity contribution in [2.75, 3.05) is 0 Å². The van der Waals surface area contributed by atoms with Crippen LogP contribution in [0.5, 0.6) is 0 Å². The smallest absolute Gasteiger partial charge is 0.251 e. The van der Waals surface area contributed by atoms with Crippen molar-refractivity contribution in [3.63, 3.8) is 0 Å². The standard InChI is InChI=1S/C16H15N3O/c1-11-6-8-12(9-7-11)16(20)17-10-15-18-13-4-2-3-5-14(13)19-15/h2-9H,10H2,1H3,(H,17,20)(H,18,19). The molecular formula is C16H15N3O. The summed E-state index contributed by atoms with van der Waals surface area (Å²) in [5.74, 6) is 0.664. The maximum atomic E-state index is 12.0. The third-order valence-corrected chi connectivity index (χ3v) is 3.17. The van der Waals surface area contributed by atoms with Crippen molar-refractivity contribution in [1.82, 2.24) is 15.3 Å². The second kappa shape index (κ2) is 5.17. The number of nitrogens with zero attached hydrogens (tertiary/aromatic N) is 1. The summed E-state index contributed by atoms with van der Waals surface area (Å²) in [6, 6.07) is 15.3. The summed E-state index contributed by atoms with van der Waals surface area (Å²) >= 11 is 0. The normalized spacial score (nSPS) is 10.7. The molecule has 1 amide bonds. The summed E-state index contributed by atoms with van der Waals surface area (Å²) in [5, 5.41) is 2.86. The van der Waals surface area contributed by atoms with Crippen molar-refractivity contribution in [3.05, 3.63) is 65.5 Å². The number of fused-ring (bicyclic) bond motifs is 1. The Morgan fingerprint density at radius 2 is 1.90 bits per heavy atom. The molecule has 3 rings (SSSR count). The first-order chi connectivity index (χ1) is 9.72. The highest BCUT2D eigenvalue weighted by Crippen LogP contribution is 2.10. The van der Waals surface area contributed by atoms with Crippen LogP contribution in [-0.2, 0) is 6.54 Å². The highest BCUT2D eigenvalue weighted by Gasteiger charge is 2.06. The Kier molecular flexibility index (Phi) is 3.21. The number of benzene rings is 2. The molecular weight excluding hydrogens is 250 g/mol. The van der Waals surface area contributed by atoms with Crippen LogP contribution >= 0.6 is 0 Å². The molecule has 2 aromatic carbocycles. The number of aryl methyl sites for hydroxylation is 1. The number of hydrogen-bond acceptors (Lipinski definition) is 2. The lowest BCUT2D eigenvalue weighted by Gasteiger charge is -2.03. The molecule has 0 fully saturated rings. The average Bonchev–Trinajstić information content (AvgIpc) is 2.88. The molecule has 0 unspecified atom stereocenters. The molecule has 0 aliphatic carbocycles. The Labute approximate surface area is 116 Å². The Morgan fingerprint density at radius 3 is 2.65 bits per heavy atom. The van der Waals surface area contributed by atoms with Gasteiger partial charge >= 0.3 is 0 Å². The molecule has 2 N–H and O–H groups in total. The summed E-state index contributed by atoms with van der Waals surface area (Å²) < 4.78 is 0. The zero-order valence-corrected chi connectivity index (χ0v) is 11.2. The van der Waals surface area contributed by atoms with Crippen molar-refractivity contribution in [2.45, 2.75) is 13.5 Å². The van der Waals surface area contributed by atoms with Gasteiger partial charge in [-0.15, -0.1) is 0 Å². The molecule has 0 spiro atoms. The van der Waals surface area contributed by atoms with Gasteiger partial charge in [-0.05, 0) is 31.2 Å². The van der Waals surface area contributed by atoms with Crippen LogP contribution in [0, 0.1) is 6.92 Å². The van der Waals surface area contributed by atoms with E-state index < -0.39 is 0 Å². The van der Waals surface area contributed by atoms with Gasteiger partial charge in [-0.3, -0.25) is 4.79 Å². The fourth-order valence-electron chi connectivity index (χ4n) is 2.06. The maximum absolute atomic E-state index is 12.0. The molecule has 0 saturated carbocycles. The third-order valence-electron chi connectivity index (χ3n) is 3.17. The van der Waals surface area contributed by atoms with Crippen molar-refractivity contribution in [1.29, 1.82) is 0 Å². The van der Waals surface area contributed by atoms with Crippen LogP contribution in [0.1, 0.15) is 21.7 Å². The summed E-state index contributed by atoms with van der Waals surface area (Å²) in [5.41, 5.74) is 3.68. The van der Waals surface area contributed by atoms with Crippen LogP contribution in [0.2, 0.25) is 0 Å². The highest BCUT2D eigenvalue weighted by atomic mass is 16.1. The predicted octanol–water partition coefficient (Wildman–Crippen LogP) is 2.80. The topological polar surface area (TPSA) is 57.8 Å². The van der Waals surface area contributed by atoms with E-state index in [2.05, 4.69) is 15.3 Å². The van der Waals surface area contributed by atoms with Gasteiger partial charge in [-0.25, -0.2) is 4.98 Å². The van der Waals surface area contributed by atoms with Crippen LogP contribution in [0.15, 0.2) is 48.5 Å². The van der Waals surface area contributed by atoms with E-state index in [-0.39, 0.29) is 5.91 Å². The Balaban J connectivity index is 1.69. The van der Waals surface area contributed by atoms with Crippen molar-refractivity contribution >= 4 is 16.9 Å². The number of imidazole rings is 1. The lowest BCUT2D eigenvalue weighted by atomic mass is 10.1. The van der Waals surface area contributed by atoms with E-state index in [1.807, 2.05) is 55.5 Å². The van der Waals surface area contributed by atoms with Gasteiger partial charge in [0.1, 0.15) is 5.82 Å². The summed E-state index contributed by atoms with van der Waals surface area (Å²) in [4.78, 5) is 19.6. The number of carbonyl (C=O) groups is 1. The van der Waals surface area contributed by atoms with Gasteiger partial charge in [-0.2, -0.15) is 0 Å². The lowest BCUT2D eigenvalue weighted by molar-refractivity contribution is 0.0950. The molecule has 4 nitrogen and oxygen atoms in total. The number of carbonyl (C=O) groups excluding carboxylic acids is 1. The number of H-pyrrole nitrogens is 1. The average molecular weight is 265 g/mol. The van der Waals surface area contributed by atoms with Gasteiger partial charge in [0.2, 0.25) is 0 Å². The first kappa shape index (κ1) is 12.4. The third kappa shape index (κ3) is 2.54. The number of para-hydroxylation sites is 2. The minimum absolute atomic E-state index is 0.0922. The number of aromatic nitrogens is 2. The number of hydrogen-bond donors (Lipinski definition) is 2. The van der Waals surface area contributed by atoms with Crippen LogP contribution < -0.4 is 5.32 Å². The Morgan fingerprint density at radius 1 is 1.15 bits per heavy atom. The van der Waals surface area contributed by atoms with Crippen LogP contribution in [-0.4, -0.2) is 15.9 Å². The van der Waals surface area contributed by atoms with Gasteiger partial charge in [0.05, 0.1) is 17.6 Å². The monoisotopic (exact) mass is 265 g/mol. The van der Waals surface area contributed by atoms with Crippen molar-refractivity contribution in [2.24, 2.45) is 0 Å². The molecule has 0 atom stereocenters. The Bertz CT molecular complexity index is 711. The molecule has 0 radical (unpaired) electrons. The SMILES string of the molecule is Cc1ccc(C(=O)NCc2nc3ccccc3[nH]2)cc1. The second-order valence-corrected chi connectivity index (χ2v) is 4.75. The van der Waals surface area contributed by atoms with E-state index >= 15 is 0 Å². The summed E-state index contributed by atoms with van der Waals surface area (Å²) in [6.07, 6.45) is 0. The van der Waals surface area contributed by atoms with Gasteiger partial charge in [0.25, 0.3) is 5.91 Å². The molecule has 0 bridgehead atoms. The minimum atomic E-state index is -0.0922. The molecule has 100 valence electrons. The number of aromatic amines is 1. The molecule has 20 heavy (non-hydrogen) atoms. The maximum Gasteiger partial charge on any atom is 0.251 e. The number of amides is 1. The van der Waals surface area contributed by atoms with E-state index in [0.29, 0.717) is 12.1 Å². The van der Waals surface area contributed by atoms with E-state index in [0.717, 1.165) is 22.4 Å². The first-order valence-corrected chi connectivity index (χ1v) is 6.51. The molecule has 0 aliphatic heterocycles. The Hall–Kier alpha value is -2.62. The van der Waals surface area contributed by atoms with Gasteiger partial charge in [0.15, 0.2) is 0 Å². The minimum Gasteiger partial charge on any atom is -0.345 e. The summed E-state index contributed by atoms with van der Waals surface area (Å²) in [7, 11) is 0. The molecule has 1 aromatic heterocycles. The zero-order valence-electron chi connectivity index (χ0n) is 11.2. The van der Waals surface area contributed by atoms with Crippen LogP contribution in [0.3, 0.4) is 0 Å². The second-order valence-electron chi connectivity index (χ2n) is 4.75. The number of rotatable bonds is 3. The van der Waals surface area contributed by atoms with Gasteiger partial charge < -0.3 is 10.3 Å². The van der Waals surface area contributed by atoms with Gasteiger partial charge in [0, 0.05) is 5.56 Å². The van der Waals surface area contributed by atoms with Crippen LogP contribution in [0.4, 0.5) is 0 Å². The zero-order chi connectivity index (χ0) is 13.9. The fourth-order valence-corrected chi connectivity index (χ4v) is 2.06. The number of nitrogens with one attached hydrogen (secondary N) is 2. The van der Waals surface area contributed by atoms with E-state index in [1.54, 1.807) is 0 Å². The predicted molar refractivity (Wildman–Crippen MR) is 78.4 cm³/mol. The highest BCUT2D eigenvalue weighted by molar-refractivity contribution is 5.94. The quantitative estimate of drug-likeness (QED) is 0.765. The van der Waals surface area contributed by atoms with Crippen molar-refractivity contribution < 1.29 is 4.79 Å². The largest absolute Gasteiger partial charge is 0.345 e. The van der Waals surface area contributed by atoms with E-state index in [1.165, 1.54) is 0 Å². The summed E-state index contributed by atoms with van der Waals surface area (Å²) in [6.45, 7) is 2.39. The molecule has 1 heterocycles. The molecule has 4 heteroatoms.